The lowest BCUT2D eigenvalue weighted by Gasteiger charge is -2.29. The van der Waals surface area contributed by atoms with Crippen LogP contribution in [0.2, 0.25) is 0 Å². The molecular formula is C24H24N2O4. The molecule has 2 atom stereocenters. The summed E-state index contributed by atoms with van der Waals surface area (Å²) in [5.41, 5.74) is 3.35. The van der Waals surface area contributed by atoms with E-state index in [2.05, 4.69) is 17.0 Å². The summed E-state index contributed by atoms with van der Waals surface area (Å²) >= 11 is 0. The van der Waals surface area contributed by atoms with Crippen molar-refractivity contribution in [3.63, 3.8) is 0 Å². The van der Waals surface area contributed by atoms with Gasteiger partial charge in [-0.2, -0.15) is 0 Å². The molecule has 6 nitrogen and oxygen atoms in total. The van der Waals surface area contributed by atoms with Crippen LogP contribution < -0.4 is 0 Å². The Labute approximate surface area is 174 Å². The molecule has 1 aromatic heterocycles. The van der Waals surface area contributed by atoms with E-state index >= 15 is 0 Å². The average Bonchev–Trinajstić information content (AvgIpc) is 3.48. The number of aromatic nitrogens is 1. The van der Waals surface area contributed by atoms with Crippen LogP contribution in [0.4, 0.5) is 0 Å². The zero-order valence-electron chi connectivity index (χ0n) is 16.6. The predicted molar refractivity (Wildman–Crippen MR) is 112 cm³/mol. The molecule has 154 valence electrons. The Bertz CT molecular complexity index is 1050. The van der Waals surface area contributed by atoms with Gasteiger partial charge in [-0.3, -0.25) is 9.47 Å². The van der Waals surface area contributed by atoms with Gasteiger partial charge >= 0.3 is 5.97 Å². The van der Waals surface area contributed by atoms with Crippen molar-refractivity contribution in [2.24, 2.45) is 0 Å². The molecule has 1 fully saturated rings. The SMILES string of the molecule is O=C(O[C@H]1c2ccccc2C[C@@H]1N1CCCC1)c1ccc(-n2c(O)ccc2O)cc1. The smallest absolute Gasteiger partial charge is 0.338 e. The Morgan fingerprint density at radius 2 is 1.57 bits per heavy atom. The number of hydrogen-bond donors (Lipinski definition) is 2. The van der Waals surface area contributed by atoms with Crippen molar-refractivity contribution in [2.75, 3.05) is 13.1 Å². The van der Waals surface area contributed by atoms with Gasteiger partial charge < -0.3 is 14.9 Å². The van der Waals surface area contributed by atoms with Crippen molar-refractivity contribution in [1.29, 1.82) is 0 Å². The van der Waals surface area contributed by atoms with E-state index in [1.54, 1.807) is 24.3 Å². The molecule has 0 saturated carbocycles. The zero-order chi connectivity index (χ0) is 20.7. The van der Waals surface area contributed by atoms with Crippen LogP contribution in [-0.2, 0) is 11.2 Å². The second kappa shape index (κ2) is 7.54. The summed E-state index contributed by atoms with van der Waals surface area (Å²) in [6.07, 6.45) is 3.01. The number of carbonyl (C=O) groups is 1. The minimum Gasteiger partial charge on any atom is -0.494 e. The first kappa shape index (κ1) is 18.8. The molecule has 5 rings (SSSR count). The molecule has 1 aliphatic carbocycles. The molecule has 2 N–H and O–H groups in total. The van der Waals surface area contributed by atoms with Crippen LogP contribution in [0, 0.1) is 0 Å². The van der Waals surface area contributed by atoms with Crippen LogP contribution in [0.15, 0.2) is 60.7 Å². The molecule has 0 amide bonds. The number of hydrogen-bond acceptors (Lipinski definition) is 5. The molecule has 2 heterocycles. The summed E-state index contributed by atoms with van der Waals surface area (Å²) in [6, 6.07) is 17.9. The van der Waals surface area contributed by atoms with Gasteiger partial charge in [0.25, 0.3) is 0 Å². The summed E-state index contributed by atoms with van der Waals surface area (Å²) in [4.78, 5) is 15.4. The van der Waals surface area contributed by atoms with Gasteiger partial charge in [0.2, 0.25) is 0 Å². The Morgan fingerprint density at radius 1 is 0.900 bits per heavy atom. The van der Waals surface area contributed by atoms with E-state index in [1.807, 2.05) is 12.1 Å². The fourth-order valence-electron chi connectivity index (χ4n) is 4.68. The van der Waals surface area contributed by atoms with Crippen molar-refractivity contribution < 1.29 is 19.7 Å². The minimum absolute atomic E-state index is 0.0705. The normalized spacial score (nSPS) is 20.9. The lowest BCUT2D eigenvalue weighted by atomic mass is 10.1. The highest BCUT2D eigenvalue weighted by atomic mass is 16.5. The van der Waals surface area contributed by atoms with E-state index in [4.69, 9.17) is 4.74 Å². The lowest BCUT2D eigenvalue weighted by Crippen LogP contribution is -2.37. The van der Waals surface area contributed by atoms with Crippen molar-refractivity contribution >= 4 is 5.97 Å². The molecule has 0 radical (unpaired) electrons. The highest BCUT2D eigenvalue weighted by Crippen LogP contribution is 2.39. The van der Waals surface area contributed by atoms with Crippen LogP contribution in [0.5, 0.6) is 11.8 Å². The third-order valence-electron chi connectivity index (χ3n) is 6.18. The topological polar surface area (TPSA) is 74.9 Å². The van der Waals surface area contributed by atoms with E-state index in [0.29, 0.717) is 11.3 Å². The van der Waals surface area contributed by atoms with Crippen molar-refractivity contribution in [3.8, 4) is 17.4 Å². The maximum atomic E-state index is 13.0. The van der Waals surface area contributed by atoms with E-state index in [0.717, 1.165) is 25.1 Å². The first-order valence-corrected chi connectivity index (χ1v) is 10.3. The molecule has 0 spiro atoms. The Hall–Kier alpha value is -3.25. The van der Waals surface area contributed by atoms with Crippen LogP contribution in [-0.4, -0.2) is 44.8 Å². The largest absolute Gasteiger partial charge is 0.494 e. The maximum absolute atomic E-state index is 13.0. The van der Waals surface area contributed by atoms with Gasteiger partial charge in [-0.05, 0) is 67.7 Å². The fourth-order valence-corrected chi connectivity index (χ4v) is 4.68. The Balaban J connectivity index is 1.38. The highest BCUT2D eigenvalue weighted by molar-refractivity contribution is 5.90. The minimum atomic E-state index is -0.367. The first-order valence-electron chi connectivity index (χ1n) is 10.3. The maximum Gasteiger partial charge on any atom is 0.338 e. The molecule has 3 aromatic rings. The number of benzene rings is 2. The van der Waals surface area contributed by atoms with Crippen molar-refractivity contribution in [3.05, 3.63) is 77.4 Å². The lowest BCUT2D eigenvalue weighted by molar-refractivity contribution is 0.00674. The Morgan fingerprint density at radius 3 is 2.27 bits per heavy atom. The number of rotatable bonds is 4. The molecule has 0 unspecified atom stereocenters. The number of fused-ring (bicyclic) bond motifs is 1. The van der Waals surface area contributed by atoms with Gasteiger partial charge in [0.05, 0.1) is 17.3 Å². The molecule has 2 aromatic carbocycles. The molecule has 1 saturated heterocycles. The summed E-state index contributed by atoms with van der Waals surface area (Å²) in [5, 5.41) is 19.8. The van der Waals surface area contributed by atoms with Crippen molar-refractivity contribution in [2.45, 2.75) is 31.4 Å². The van der Waals surface area contributed by atoms with Gasteiger partial charge in [0.1, 0.15) is 6.10 Å². The average molecular weight is 404 g/mol. The molecular weight excluding hydrogens is 380 g/mol. The van der Waals surface area contributed by atoms with E-state index in [1.165, 1.54) is 35.1 Å². The number of esters is 1. The molecule has 30 heavy (non-hydrogen) atoms. The molecule has 1 aliphatic heterocycles. The van der Waals surface area contributed by atoms with E-state index in [-0.39, 0.29) is 29.9 Å². The summed E-state index contributed by atoms with van der Waals surface area (Å²) in [6.45, 7) is 2.09. The number of carbonyl (C=O) groups excluding carboxylic acids is 1. The molecule has 2 aliphatic rings. The van der Waals surface area contributed by atoms with Crippen LogP contribution >= 0.6 is 0 Å². The zero-order valence-corrected chi connectivity index (χ0v) is 16.6. The number of likely N-dealkylation sites (tertiary alicyclic amines) is 1. The Kier molecular flexibility index (Phi) is 4.71. The van der Waals surface area contributed by atoms with E-state index in [9.17, 15) is 15.0 Å². The second-order valence-electron chi connectivity index (χ2n) is 7.97. The summed E-state index contributed by atoms with van der Waals surface area (Å²) < 4.78 is 7.34. The van der Waals surface area contributed by atoms with Gasteiger partial charge in [0.15, 0.2) is 11.8 Å². The molecule has 6 heteroatoms. The number of nitrogens with zero attached hydrogens (tertiary/aromatic N) is 2. The number of ether oxygens (including phenoxy) is 1. The summed E-state index contributed by atoms with van der Waals surface area (Å²) in [7, 11) is 0. The second-order valence-corrected chi connectivity index (χ2v) is 7.97. The predicted octanol–water partition coefficient (Wildman–Crippen LogP) is 3.81. The van der Waals surface area contributed by atoms with Gasteiger partial charge in [-0.1, -0.05) is 24.3 Å². The van der Waals surface area contributed by atoms with Gasteiger partial charge in [-0.25, -0.2) is 4.79 Å². The van der Waals surface area contributed by atoms with Gasteiger partial charge in [-0.15, -0.1) is 0 Å². The van der Waals surface area contributed by atoms with E-state index < -0.39 is 0 Å². The fraction of sp³-hybridized carbons (Fsp3) is 0.292. The number of aromatic hydroxyl groups is 2. The standard InChI is InChI=1S/C24H24N2O4/c27-21-11-12-22(28)26(21)18-9-7-16(8-10-18)24(29)30-23-19-6-2-1-5-17(19)15-20(23)25-13-3-4-14-25/h1-2,5-12,20,23,27-28H,3-4,13-15H2/t20-,23-/m0/s1. The third-order valence-corrected chi connectivity index (χ3v) is 6.18. The molecule has 0 bridgehead atoms. The quantitative estimate of drug-likeness (QED) is 0.647. The van der Waals surface area contributed by atoms with Crippen LogP contribution in [0.25, 0.3) is 5.69 Å². The summed E-state index contributed by atoms with van der Waals surface area (Å²) in [5.74, 6) is -0.508. The first-order chi connectivity index (χ1) is 14.6. The highest BCUT2D eigenvalue weighted by Gasteiger charge is 2.39. The van der Waals surface area contributed by atoms with Crippen LogP contribution in [0.1, 0.15) is 40.4 Å². The monoisotopic (exact) mass is 404 g/mol. The van der Waals surface area contributed by atoms with Crippen molar-refractivity contribution in [1.82, 2.24) is 9.47 Å². The van der Waals surface area contributed by atoms with Crippen LogP contribution in [0.3, 0.4) is 0 Å². The third kappa shape index (κ3) is 3.23. The van der Waals surface area contributed by atoms with Gasteiger partial charge in [0, 0.05) is 12.1 Å².